The van der Waals surface area contributed by atoms with E-state index in [1.165, 1.54) is 0 Å². The predicted molar refractivity (Wildman–Crippen MR) is 62.7 cm³/mol. The topological polar surface area (TPSA) is 0 Å². The van der Waals surface area contributed by atoms with Gasteiger partial charge in [0.25, 0.3) is 0 Å². The molecule has 1 aromatic heterocycles. The Morgan fingerprint density at radius 1 is 1.21 bits per heavy atom. The van der Waals surface area contributed by atoms with Crippen LogP contribution in [-0.2, 0) is 0 Å². The van der Waals surface area contributed by atoms with Gasteiger partial charge in [-0.1, -0.05) is 30.3 Å². The summed E-state index contributed by atoms with van der Waals surface area (Å²) in [5, 5.41) is 5.90. The van der Waals surface area contributed by atoms with E-state index in [0.29, 0.717) is 0 Å². The average Bonchev–Trinajstić information content (AvgIpc) is 2.71. The van der Waals surface area contributed by atoms with Crippen molar-refractivity contribution < 1.29 is 0 Å². The van der Waals surface area contributed by atoms with Crippen LogP contribution >= 0.6 is 22.9 Å². The zero-order valence-corrected chi connectivity index (χ0v) is 9.03. The first-order valence-corrected chi connectivity index (χ1v) is 5.43. The van der Waals surface area contributed by atoms with Crippen LogP contribution in [0.2, 0.25) is 5.02 Å². The number of halogens is 1. The molecule has 0 aliphatic carbocycles. The maximum Gasteiger partial charge on any atom is 0.0527 e. The van der Waals surface area contributed by atoms with Crippen LogP contribution in [-0.4, -0.2) is 0 Å². The monoisotopic (exact) mass is 219 g/mol. The lowest BCUT2D eigenvalue weighted by Crippen LogP contribution is -1.82. The summed E-state index contributed by atoms with van der Waals surface area (Å²) < 4.78 is 0. The van der Waals surface area contributed by atoms with Gasteiger partial charge in [0, 0.05) is 10.6 Å². The smallest absolute Gasteiger partial charge is 0.0527 e. The van der Waals surface area contributed by atoms with Crippen molar-refractivity contribution in [3.63, 3.8) is 0 Å². The normalized spacial score (nSPS) is 10.1. The van der Waals surface area contributed by atoms with Crippen LogP contribution in [0.4, 0.5) is 0 Å². The molecule has 0 aliphatic heterocycles. The SMILES string of the molecule is C=C(c1[c]scc1)c1ccc(Cl)cc1. The average molecular weight is 220 g/mol. The fraction of sp³-hybridized carbons (Fsp3) is 0. The highest BCUT2D eigenvalue weighted by Gasteiger charge is 2.02. The maximum atomic E-state index is 5.81. The molecule has 69 valence electrons. The van der Waals surface area contributed by atoms with E-state index in [1.54, 1.807) is 11.3 Å². The molecule has 0 saturated carbocycles. The van der Waals surface area contributed by atoms with E-state index in [4.69, 9.17) is 11.6 Å². The Kier molecular flexibility index (Phi) is 2.71. The number of hydrogen-bond acceptors (Lipinski definition) is 1. The first-order chi connectivity index (χ1) is 6.77. The van der Waals surface area contributed by atoms with E-state index >= 15 is 0 Å². The Bertz CT molecular complexity index is 426. The summed E-state index contributed by atoms with van der Waals surface area (Å²) in [6.07, 6.45) is 0. The quantitative estimate of drug-likeness (QED) is 0.708. The minimum Gasteiger partial charge on any atom is -0.142 e. The van der Waals surface area contributed by atoms with E-state index in [2.05, 4.69) is 12.0 Å². The van der Waals surface area contributed by atoms with E-state index in [9.17, 15) is 0 Å². The van der Waals surface area contributed by atoms with Crippen LogP contribution in [0.3, 0.4) is 0 Å². The second-order valence-electron chi connectivity index (χ2n) is 2.92. The van der Waals surface area contributed by atoms with Crippen molar-refractivity contribution in [3.8, 4) is 0 Å². The van der Waals surface area contributed by atoms with Crippen molar-refractivity contribution in [2.45, 2.75) is 0 Å². The molecule has 0 fully saturated rings. The molecule has 2 rings (SSSR count). The zero-order valence-electron chi connectivity index (χ0n) is 7.46. The minimum atomic E-state index is 0.746. The van der Waals surface area contributed by atoms with Gasteiger partial charge in [-0.3, -0.25) is 0 Å². The van der Waals surface area contributed by atoms with Crippen LogP contribution in [0, 0.1) is 5.38 Å². The molecule has 0 unspecified atom stereocenters. The van der Waals surface area contributed by atoms with Crippen molar-refractivity contribution >= 4 is 28.5 Å². The molecule has 1 heterocycles. The number of thiophene rings is 1. The molecule has 0 aliphatic rings. The van der Waals surface area contributed by atoms with Gasteiger partial charge in [-0.2, -0.15) is 0 Å². The lowest BCUT2D eigenvalue weighted by atomic mass is 10.0. The Morgan fingerprint density at radius 2 is 1.93 bits per heavy atom. The van der Waals surface area contributed by atoms with Gasteiger partial charge in [0.1, 0.15) is 0 Å². The second-order valence-corrected chi connectivity index (χ2v) is 4.07. The Morgan fingerprint density at radius 3 is 2.50 bits per heavy atom. The molecule has 0 saturated heterocycles. The Balaban J connectivity index is 2.33. The van der Waals surface area contributed by atoms with Crippen LogP contribution in [0.5, 0.6) is 0 Å². The summed E-state index contributed by atoms with van der Waals surface area (Å²) in [7, 11) is 0. The molecule has 0 N–H and O–H groups in total. The fourth-order valence-electron chi connectivity index (χ4n) is 1.20. The van der Waals surface area contributed by atoms with Gasteiger partial charge in [-0.05, 0) is 34.7 Å². The van der Waals surface area contributed by atoms with Crippen LogP contribution in [0.1, 0.15) is 11.1 Å². The van der Waals surface area contributed by atoms with Gasteiger partial charge in [-0.25, -0.2) is 0 Å². The van der Waals surface area contributed by atoms with Crippen molar-refractivity contribution in [1.82, 2.24) is 0 Å². The molecule has 2 aromatic rings. The van der Waals surface area contributed by atoms with E-state index < -0.39 is 0 Å². The largest absolute Gasteiger partial charge is 0.142 e. The molecule has 0 amide bonds. The molecule has 1 aromatic carbocycles. The summed E-state index contributed by atoms with van der Waals surface area (Å²) in [4.78, 5) is 0. The van der Waals surface area contributed by atoms with E-state index in [-0.39, 0.29) is 0 Å². The maximum absolute atomic E-state index is 5.81. The van der Waals surface area contributed by atoms with E-state index in [0.717, 1.165) is 21.7 Å². The van der Waals surface area contributed by atoms with Crippen LogP contribution in [0.25, 0.3) is 5.57 Å². The lowest BCUT2D eigenvalue weighted by Gasteiger charge is -2.02. The Labute approximate surface area is 92.5 Å². The van der Waals surface area contributed by atoms with Gasteiger partial charge in [-0.15, -0.1) is 11.3 Å². The van der Waals surface area contributed by atoms with Crippen LogP contribution in [0.15, 0.2) is 42.3 Å². The van der Waals surface area contributed by atoms with Gasteiger partial charge < -0.3 is 0 Å². The number of hydrogen-bond donors (Lipinski definition) is 0. The summed E-state index contributed by atoms with van der Waals surface area (Å²) in [6.45, 7) is 4.03. The summed E-state index contributed by atoms with van der Waals surface area (Å²) in [6, 6.07) is 9.69. The van der Waals surface area contributed by atoms with Gasteiger partial charge >= 0.3 is 0 Å². The molecule has 1 radical (unpaired) electrons. The van der Waals surface area contributed by atoms with Crippen molar-refractivity contribution in [3.05, 3.63) is 63.8 Å². The third kappa shape index (κ3) is 1.89. The molecule has 0 spiro atoms. The van der Waals surface area contributed by atoms with Gasteiger partial charge in [0.2, 0.25) is 0 Å². The van der Waals surface area contributed by atoms with E-state index in [1.807, 2.05) is 35.7 Å². The molecule has 0 atom stereocenters. The predicted octanol–water partition coefficient (Wildman–Crippen LogP) is 4.26. The highest BCUT2D eigenvalue weighted by molar-refractivity contribution is 7.07. The zero-order chi connectivity index (χ0) is 9.97. The van der Waals surface area contributed by atoms with Crippen molar-refractivity contribution in [1.29, 1.82) is 0 Å². The highest BCUT2D eigenvalue weighted by atomic mass is 35.5. The van der Waals surface area contributed by atoms with Crippen molar-refractivity contribution in [2.75, 3.05) is 0 Å². The molecule has 2 heteroatoms. The lowest BCUT2D eigenvalue weighted by molar-refractivity contribution is 1.60. The second kappa shape index (κ2) is 3.99. The summed E-state index contributed by atoms with van der Waals surface area (Å²) in [5.74, 6) is 0. The molecule has 0 nitrogen and oxygen atoms in total. The first kappa shape index (κ1) is 9.50. The standard InChI is InChI=1S/C12H8ClS/c1-9(11-6-7-14-8-11)10-2-4-12(13)5-3-10/h2-7H,1H2. The molecule has 14 heavy (non-hydrogen) atoms. The third-order valence-corrected chi connectivity index (χ3v) is 2.85. The van der Waals surface area contributed by atoms with Crippen molar-refractivity contribution in [2.24, 2.45) is 0 Å². The molecule has 0 bridgehead atoms. The number of rotatable bonds is 2. The molecular formula is C12H8ClS. The van der Waals surface area contributed by atoms with Crippen LogP contribution < -0.4 is 0 Å². The van der Waals surface area contributed by atoms with Gasteiger partial charge in [0.15, 0.2) is 0 Å². The fourth-order valence-corrected chi connectivity index (χ4v) is 1.92. The highest BCUT2D eigenvalue weighted by Crippen LogP contribution is 2.23. The summed E-state index contributed by atoms with van der Waals surface area (Å²) in [5.41, 5.74) is 3.13. The molecular weight excluding hydrogens is 212 g/mol. The van der Waals surface area contributed by atoms with Gasteiger partial charge in [0.05, 0.1) is 5.38 Å². The Hall–Kier alpha value is -1.05. The first-order valence-electron chi connectivity index (χ1n) is 4.18. The number of benzene rings is 1. The summed E-state index contributed by atoms with van der Waals surface area (Å²) >= 11 is 7.36. The minimum absolute atomic E-state index is 0.746. The third-order valence-electron chi connectivity index (χ3n) is 1.99.